The predicted octanol–water partition coefficient (Wildman–Crippen LogP) is 3.68. The van der Waals surface area contributed by atoms with Crippen LogP contribution >= 0.6 is 0 Å². The maximum absolute atomic E-state index is 6.24. The van der Waals surface area contributed by atoms with Gasteiger partial charge in [0.05, 0.1) is 0 Å². The summed E-state index contributed by atoms with van der Waals surface area (Å²) < 4.78 is 0. The summed E-state index contributed by atoms with van der Waals surface area (Å²) in [4.78, 5) is 0. The molecule has 0 bridgehead atoms. The average Bonchev–Trinajstić information content (AvgIpc) is 2.20. The standard InChI is InChI=1S/C15H29N/c1-5-12-7-10(3)9(2)6-11(4)15-13(12)8-14(15)16/h9-15H,5-8,16H2,1-4H3/t9?,10?,11?,12?,13?,14-,15+/m0/s1. The molecule has 2 N–H and O–H groups in total. The van der Waals surface area contributed by atoms with E-state index in [4.69, 9.17) is 5.73 Å². The maximum Gasteiger partial charge on any atom is 0.00753 e. The van der Waals surface area contributed by atoms with Crippen LogP contribution < -0.4 is 5.73 Å². The van der Waals surface area contributed by atoms with Crippen LogP contribution in [0.2, 0.25) is 0 Å². The Morgan fingerprint density at radius 1 is 0.938 bits per heavy atom. The van der Waals surface area contributed by atoms with Crippen LogP contribution in [0.25, 0.3) is 0 Å². The summed E-state index contributed by atoms with van der Waals surface area (Å²) in [6.45, 7) is 9.71. The van der Waals surface area contributed by atoms with E-state index >= 15 is 0 Å². The second-order valence-electron chi connectivity index (χ2n) is 6.71. The van der Waals surface area contributed by atoms with E-state index in [1.54, 1.807) is 0 Å². The van der Waals surface area contributed by atoms with Crippen LogP contribution in [0.3, 0.4) is 0 Å². The normalized spacial score (nSPS) is 53.4. The lowest BCUT2D eigenvalue weighted by molar-refractivity contribution is -0.00943. The maximum atomic E-state index is 6.24. The highest BCUT2D eigenvalue weighted by Gasteiger charge is 2.46. The van der Waals surface area contributed by atoms with E-state index in [-0.39, 0.29) is 0 Å². The van der Waals surface area contributed by atoms with E-state index in [0.29, 0.717) is 6.04 Å². The molecule has 0 heterocycles. The summed E-state index contributed by atoms with van der Waals surface area (Å²) in [7, 11) is 0. The molecule has 0 amide bonds. The van der Waals surface area contributed by atoms with Gasteiger partial charge in [0.15, 0.2) is 0 Å². The molecule has 0 aromatic heterocycles. The molecule has 1 nitrogen and oxygen atoms in total. The minimum Gasteiger partial charge on any atom is -0.327 e. The fourth-order valence-electron chi connectivity index (χ4n) is 4.43. The van der Waals surface area contributed by atoms with Gasteiger partial charge in [0.1, 0.15) is 0 Å². The fourth-order valence-corrected chi connectivity index (χ4v) is 4.43. The molecule has 0 radical (unpaired) electrons. The summed E-state index contributed by atoms with van der Waals surface area (Å²) in [5.41, 5.74) is 6.24. The Labute approximate surface area is 101 Å². The van der Waals surface area contributed by atoms with Gasteiger partial charge >= 0.3 is 0 Å². The van der Waals surface area contributed by atoms with Crippen molar-refractivity contribution in [1.82, 2.24) is 0 Å². The zero-order valence-corrected chi connectivity index (χ0v) is 11.4. The van der Waals surface area contributed by atoms with Gasteiger partial charge in [-0.25, -0.2) is 0 Å². The van der Waals surface area contributed by atoms with Crippen LogP contribution in [0.1, 0.15) is 53.4 Å². The second kappa shape index (κ2) is 4.68. The minimum absolute atomic E-state index is 0.509. The summed E-state index contributed by atoms with van der Waals surface area (Å²) in [6, 6.07) is 0.509. The Morgan fingerprint density at radius 3 is 2.12 bits per heavy atom. The molecule has 7 atom stereocenters. The fraction of sp³-hybridized carbons (Fsp3) is 1.00. The van der Waals surface area contributed by atoms with Crippen molar-refractivity contribution in [2.45, 2.75) is 59.4 Å². The highest BCUT2D eigenvalue weighted by molar-refractivity contribution is 4.99. The summed E-state index contributed by atoms with van der Waals surface area (Å²) in [5.74, 6) is 5.37. The first-order valence-electron chi connectivity index (χ1n) is 7.30. The number of hydrogen-bond donors (Lipinski definition) is 1. The Balaban J connectivity index is 2.12. The van der Waals surface area contributed by atoms with Crippen molar-refractivity contribution < 1.29 is 0 Å². The SMILES string of the molecule is CCC1CC(C)C(C)CC(C)[C@@H]2C1C[C@@H]2N. The first kappa shape index (κ1) is 12.4. The van der Waals surface area contributed by atoms with Crippen molar-refractivity contribution in [3.63, 3.8) is 0 Å². The van der Waals surface area contributed by atoms with Crippen molar-refractivity contribution >= 4 is 0 Å². The molecule has 2 aliphatic carbocycles. The van der Waals surface area contributed by atoms with Crippen LogP contribution in [-0.2, 0) is 0 Å². The summed E-state index contributed by atoms with van der Waals surface area (Å²) >= 11 is 0. The molecule has 94 valence electrons. The van der Waals surface area contributed by atoms with E-state index in [9.17, 15) is 0 Å². The van der Waals surface area contributed by atoms with Gasteiger partial charge in [-0.15, -0.1) is 0 Å². The van der Waals surface area contributed by atoms with Crippen LogP contribution in [0.4, 0.5) is 0 Å². The number of hydrogen-bond acceptors (Lipinski definition) is 1. The van der Waals surface area contributed by atoms with Crippen LogP contribution in [0.5, 0.6) is 0 Å². The monoisotopic (exact) mass is 223 g/mol. The smallest absolute Gasteiger partial charge is 0.00753 e. The Bertz CT molecular complexity index is 238. The van der Waals surface area contributed by atoms with Gasteiger partial charge in [-0.05, 0) is 54.8 Å². The van der Waals surface area contributed by atoms with Crippen LogP contribution in [0.15, 0.2) is 0 Å². The largest absolute Gasteiger partial charge is 0.327 e. The van der Waals surface area contributed by atoms with Crippen molar-refractivity contribution in [2.75, 3.05) is 0 Å². The molecule has 16 heavy (non-hydrogen) atoms. The molecular formula is C15H29N. The van der Waals surface area contributed by atoms with Crippen LogP contribution in [-0.4, -0.2) is 6.04 Å². The van der Waals surface area contributed by atoms with E-state index in [2.05, 4.69) is 27.7 Å². The highest BCUT2D eigenvalue weighted by Crippen LogP contribution is 2.50. The lowest BCUT2D eigenvalue weighted by Crippen LogP contribution is -2.54. The molecule has 2 fully saturated rings. The third-order valence-electron chi connectivity index (χ3n) is 5.71. The first-order valence-corrected chi connectivity index (χ1v) is 7.30. The van der Waals surface area contributed by atoms with Crippen molar-refractivity contribution in [3.05, 3.63) is 0 Å². The molecule has 0 aromatic carbocycles. The highest BCUT2D eigenvalue weighted by atomic mass is 14.7. The van der Waals surface area contributed by atoms with Gasteiger partial charge in [-0.2, -0.15) is 0 Å². The summed E-state index contributed by atoms with van der Waals surface area (Å²) in [6.07, 6.45) is 5.50. The lowest BCUT2D eigenvalue weighted by Gasteiger charge is -2.53. The van der Waals surface area contributed by atoms with E-state index in [0.717, 1.165) is 35.5 Å². The zero-order valence-electron chi connectivity index (χ0n) is 11.4. The zero-order chi connectivity index (χ0) is 11.9. The number of nitrogens with two attached hydrogens (primary N) is 1. The third-order valence-corrected chi connectivity index (χ3v) is 5.71. The average molecular weight is 223 g/mol. The molecule has 0 spiro atoms. The Kier molecular flexibility index (Phi) is 3.63. The topological polar surface area (TPSA) is 26.0 Å². The van der Waals surface area contributed by atoms with Crippen molar-refractivity contribution in [3.8, 4) is 0 Å². The minimum atomic E-state index is 0.509. The van der Waals surface area contributed by atoms with Gasteiger partial charge in [-0.3, -0.25) is 0 Å². The lowest BCUT2D eigenvalue weighted by atomic mass is 9.54. The Hall–Kier alpha value is -0.0400. The molecule has 0 saturated heterocycles. The summed E-state index contributed by atoms with van der Waals surface area (Å²) in [5, 5.41) is 0. The molecule has 0 aliphatic heterocycles. The quantitative estimate of drug-likeness (QED) is 0.721. The third kappa shape index (κ3) is 2.03. The van der Waals surface area contributed by atoms with Crippen molar-refractivity contribution in [2.24, 2.45) is 41.2 Å². The first-order chi connectivity index (χ1) is 7.54. The van der Waals surface area contributed by atoms with E-state index < -0.39 is 0 Å². The number of rotatable bonds is 1. The number of fused-ring (bicyclic) bond motifs is 1. The van der Waals surface area contributed by atoms with Gasteiger partial charge in [0.25, 0.3) is 0 Å². The van der Waals surface area contributed by atoms with Gasteiger partial charge in [-0.1, -0.05) is 34.1 Å². The molecule has 5 unspecified atom stereocenters. The second-order valence-corrected chi connectivity index (χ2v) is 6.71. The van der Waals surface area contributed by atoms with E-state index in [1.807, 2.05) is 0 Å². The van der Waals surface area contributed by atoms with Crippen molar-refractivity contribution in [1.29, 1.82) is 0 Å². The molecule has 2 saturated carbocycles. The Morgan fingerprint density at radius 2 is 1.56 bits per heavy atom. The molecule has 0 aromatic rings. The van der Waals surface area contributed by atoms with E-state index in [1.165, 1.54) is 25.7 Å². The van der Waals surface area contributed by atoms with Gasteiger partial charge in [0, 0.05) is 6.04 Å². The molecule has 1 heteroatoms. The molecule has 2 aliphatic rings. The molecular weight excluding hydrogens is 194 g/mol. The predicted molar refractivity (Wildman–Crippen MR) is 70.1 cm³/mol. The van der Waals surface area contributed by atoms with Gasteiger partial charge in [0.2, 0.25) is 0 Å². The van der Waals surface area contributed by atoms with Crippen LogP contribution in [0, 0.1) is 35.5 Å². The molecule has 2 rings (SSSR count). The van der Waals surface area contributed by atoms with Gasteiger partial charge < -0.3 is 5.73 Å².